The number of para-hydroxylation sites is 1. The molecule has 1 amide bonds. The topological polar surface area (TPSA) is 82.2 Å². The highest BCUT2D eigenvalue weighted by Gasteiger charge is 2.11. The van der Waals surface area contributed by atoms with Gasteiger partial charge in [0.05, 0.1) is 11.3 Å². The van der Waals surface area contributed by atoms with E-state index < -0.39 is 5.97 Å². The zero-order valence-corrected chi connectivity index (χ0v) is 13.5. The molecule has 5 nitrogen and oxygen atoms in total. The molecule has 1 aromatic heterocycles. The number of hydrogen-bond acceptors (Lipinski definition) is 2. The molecule has 126 valence electrons. The summed E-state index contributed by atoms with van der Waals surface area (Å²) in [6.45, 7) is 0. The first-order chi connectivity index (χ1) is 12.1. The number of carbonyl (C=O) groups excluding carboxylic acids is 1. The second kappa shape index (κ2) is 7.49. The molecule has 0 radical (unpaired) electrons. The van der Waals surface area contributed by atoms with Crippen LogP contribution in [-0.4, -0.2) is 22.0 Å². The molecule has 0 saturated carbocycles. The van der Waals surface area contributed by atoms with Gasteiger partial charge in [0.25, 0.3) is 0 Å². The van der Waals surface area contributed by atoms with E-state index in [0.717, 1.165) is 16.8 Å². The van der Waals surface area contributed by atoms with Crippen molar-refractivity contribution in [3.8, 4) is 11.3 Å². The minimum absolute atomic E-state index is 0.0890. The van der Waals surface area contributed by atoms with E-state index in [1.807, 2.05) is 42.6 Å². The molecule has 0 atom stereocenters. The Kier molecular flexibility index (Phi) is 4.95. The number of aryl methyl sites for hydroxylation is 1. The molecule has 1 heterocycles. The zero-order chi connectivity index (χ0) is 17.6. The Hall–Kier alpha value is -3.34. The molecule has 0 unspecified atom stereocenters. The Morgan fingerprint density at radius 2 is 1.72 bits per heavy atom. The number of aromatic amines is 1. The lowest BCUT2D eigenvalue weighted by atomic mass is 10.1. The molecule has 0 saturated heterocycles. The molecule has 0 aliphatic rings. The third-order valence-electron chi connectivity index (χ3n) is 3.94. The van der Waals surface area contributed by atoms with Crippen LogP contribution in [0.4, 0.5) is 5.69 Å². The average Bonchev–Trinajstić information content (AvgIpc) is 3.15. The van der Waals surface area contributed by atoms with Crippen LogP contribution in [0.25, 0.3) is 11.3 Å². The van der Waals surface area contributed by atoms with Crippen LogP contribution in [0.1, 0.15) is 22.3 Å². The summed E-state index contributed by atoms with van der Waals surface area (Å²) in [5.74, 6) is -1.27. The molecule has 0 bridgehead atoms. The number of carboxylic acids is 1. The molecule has 3 aromatic rings. The van der Waals surface area contributed by atoms with Crippen LogP contribution in [0.15, 0.2) is 66.9 Å². The highest BCUT2D eigenvalue weighted by atomic mass is 16.4. The summed E-state index contributed by atoms with van der Waals surface area (Å²) >= 11 is 0. The van der Waals surface area contributed by atoms with E-state index >= 15 is 0 Å². The lowest BCUT2D eigenvalue weighted by Crippen LogP contribution is -2.15. The molecular weight excluding hydrogens is 316 g/mol. The quantitative estimate of drug-likeness (QED) is 0.638. The highest BCUT2D eigenvalue weighted by molar-refractivity contribution is 6.00. The lowest BCUT2D eigenvalue weighted by Gasteiger charge is -2.08. The van der Waals surface area contributed by atoms with Gasteiger partial charge in [-0.2, -0.15) is 0 Å². The normalized spacial score (nSPS) is 10.4. The van der Waals surface area contributed by atoms with Gasteiger partial charge in [0, 0.05) is 18.3 Å². The summed E-state index contributed by atoms with van der Waals surface area (Å²) in [7, 11) is 0. The Labute approximate surface area is 145 Å². The van der Waals surface area contributed by atoms with E-state index in [2.05, 4.69) is 10.3 Å². The van der Waals surface area contributed by atoms with Gasteiger partial charge >= 0.3 is 5.97 Å². The van der Waals surface area contributed by atoms with Crippen molar-refractivity contribution in [2.24, 2.45) is 0 Å². The number of benzene rings is 2. The molecule has 0 fully saturated rings. The molecule has 5 heteroatoms. The molecule has 0 aliphatic heterocycles. The lowest BCUT2D eigenvalue weighted by molar-refractivity contribution is -0.116. The third kappa shape index (κ3) is 4.14. The Balaban J connectivity index is 1.58. The van der Waals surface area contributed by atoms with Crippen molar-refractivity contribution in [2.75, 3.05) is 5.32 Å². The molecule has 3 rings (SSSR count). The van der Waals surface area contributed by atoms with Crippen LogP contribution in [0, 0.1) is 0 Å². The maximum absolute atomic E-state index is 12.1. The van der Waals surface area contributed by atoms with Crippen LogP contribution in [0.3, 0.4) is 0 Å². The molecule has 0 aliphatic carbocycles. The number of rotatable bonds is 6. The van der Waals surface area contributed by atoms with Crippen LogP contribution < -0.4 is 5.32 Å². The maximum Gasteiger partial charge on any atom is 0.337 e. The van der Waals surface area contributed by atoms with Crippen molar-refractivity contribution in [1.29, 1.82) is 0 Å². The van der Waals surface area contributed by atoms with Crippen molar-refractivity contribution < 1.29 is 14.7 Å². The summed E-state index contributed by atoms with van der Waals surface area (Å²) in [5.41, 5.74) is 3.60. The second-order valence-corrected chi connectivity index (χ2v) is 5.68. The second-order valence-electron chi connectivity index (χ2n) is 5.68. The van der Waals surface area contributed by atoms with Crippen molar-refractivity contribution >= 4 is 17.6 Å². The van der Waals surface area contributed by atoms with Crippen molar-refractivity contribution in [3.63, 3.8) is 0 Å². The maximum atomic E-state index is 12.1. The van der Waals surface area contributed by atoms with E-state index in [9.17, 15) is 9.59 Å². The number of aromatic carboxylic acids is 1. The number of hydrogen-bond donors (Lipinski definition) is 3. The van der Waals surface area contributed by atoms with Gasteiger partial charge < -0.3 is 15.4 Å². The van der Waals surface area contributed by atoms with Crippen molar-refractivity contribution in [3.05, 3.63) is 78.0 Å². The molecule has 2 aromatic carbocycles. The van der Waals surface area contributed by atoms with Gasteiger partial charge in [0.1, 0.15) is 0 Å². The van der Waals surface area contributed by atoms with Gasteiger partial charge in [-0.1, -0.05) is 36.4 Å². The fourth-order valence-electron chi connectivity index (χ4n) is 2.61. The number of carbonyl (C=O) groups is 2. The minimum Gasteiger partial charge on any atom is -0.478 e. The summed E-state index contributed by atoms with van der Waals surface area (Å²) in [4.78, 5) is 26.4. The van der Waals surface area contributed by atoms with Gasteiger partial charge in [-0.25, -0.2) is 4.79 Å². The van der Waals surface area contributed by atoms with E-state index in [-0.39, 0.29) is 17.9 Å². The smallest absolute Gasteiger partial charge is 0.337 e. The third-order valence-corrected chi connectivity index (χ3v) is 3.94. The van der Waals surface area contributed by atoms with Crippen LogP contribution in [0.2, 0.25) is 0 Å². The molecule has 0 spiro atoms. The Morgan fingerprint density at radius 3 is 2.40 bits per heavy atom. The predicted molar refractivity (Wildman–Crippen MR) is 96.6 cm³/mol. The molecule has 25 heavy (non-hydrogen) atoms. The number of amides is 1. The van der Waals surface area contributed by atoms with E-state index in [4.69, 9.17) is 5.11 Å². The first kappa shape index (κ1) is 16.5. The van der Waals surface area contributed by atoms with Gasteiger partial charge in [-0.15, -0.1) is 0 Å². The largest absolute Gasteiger partial charge is 0.478 e. The van der Waals surface area contributed by atoms with E-state index in [1.54, 1.807) is 18.2 Å². The SMILES string of the molecule is O=C(CCc1ccc(-c2ccc[nH]2)cc1)Nc1ccccc1C(=O)O. The molecular formula is C20H18N2O3. The van der Waals surface area contributed by atoms with Crippen LogP contribution >= 0.6 is 0 Å². The monoisotopic (exact) mass is 334 g/mol. The molecule has 3 N–H and O–H groups in total. The summed E-state index contributed by atoms with van der Waals surface area (Å²) in [6, 6.07) is 18.3. The Morgan fingerprint density at radius 1 is 0.960 bits per heavy atom. The average molecular weight is 334 g/mol. The standard InChI is InChI=1S/C20H18N2O3/c23-19(22-18-5-2-1-4-16(18)20(24)25)12-9-14-7-10-15(11-8-14)17-6-3-13-21-17/h1-8,10-11,13,21H,9,12H2,(H,22,23)(H,24,25). The minimum atomic E-state index is -1.06. The number of nitrogens with one attached hydrogen (secondary N) is 2. The highest BCUT2D eigenvalue weighted by Crippen LogP contribution is 2.19. The first-order valence-corrected chi connectivity index (χ1v) is 7.98. The van der Waals surface area contributed by atoms with E-state index in [0.29, 0.717) is 12.1 Å². The number of carboxylic acid groups (broad SMARTS) is 1. The summed E-state index contributed by atoms with van der Waals surface area (Å²) in [6.07, 6.45) is 2.75. The fourth-order valence-corrected chi connectivity index (χ4v) is 2.61. The van der Waals surface area contributed by atoms with Gasteiger partial charge in [0.2, 0.25) is 5.91 Å². The van der Waals surface area contributed by atoms with Gasteiger partial charge in [-0.3, -0.25) is 4.79 Å². The van der Waals surface area contributed by atoms with Gasteiger partial charge in [-0.05, 0) is 41.8 Å². The van der Waals surface area contributed by atoms with Crippen molar-refractivity contribution in [1.82, 2.24) is 4.98 Å². The van der Waals surface area contributed by atoms with Gasteiger partial charge in [0.15, 0.2) is 0 Å². The zero-order valence-electron chi connectivity index (χ0n) is 13.5. The fraction of sp³-hybridized carbons (Fsp3) is 0.100. The van der Waals surface area contributed by atoms with E-state index in [1.165, 1.54) is 6.07 Å². The first-order valence-electron chi connectivity index (χ1n) is 7.98. The number of aromatic nitrogens is 1. The Bertz CT molecular complexity index is 868. The summed E-state index contributed by atoms with van der Waals surface area (Å²) in [5, 5.41) is 11.8. The van der Waals surface area contributed by atoms with Crippen molar-refractivity contribution in [2.45, 2.75) is 12.8 Å². The predicted octanol–water partition coefficient (Wildman–Crippen LogP) is 3.95. The van der Waals surface area contributed by atoms with Crippen LogP contribution in [-0.2, 0) is 11.2 Å². The number of H-pyrrole nitrogens is 1. The number of anilines is 1. The van der Waals surface area contributed by atoms with Crippen LogP contribution in [0.5, 0.6) is 0 Å². The summed E-state index contributed by atoms with van der Waals surface area (Å²) < 4.78 is 0.